The number of amides is 1. The first-order chi connectivity index (χ1) is 14.8. The van der Waals surface area contributed by atoms with Gasteiger partial charge in [-0.2, -0.15) is 0 Å². The first-order valence-corrected chi connectivity index (χ1v) is 9.61. The predicted octanol–water partition coefficient (Wildman–Crippen LogP) is 3.49. The summed E-state index contributed by atoms with van der Waals surface area (Å²) in [4.78, 5) is 50.9. The molecule has 0 fully saturated rings. The average Bonchev–Trinajstić information content (AvgIpc) is 2.76. The van der Waals surface area contributed by atoms with Gasteiger partial charge in [-0.3, -0.25) is 29.1 Å². The second-order valence-electron chi connectivity index (χ2n) is 6.85. The van der Waals surface area contributed by atoms with Crippen LogP contribution >= 0.6 is 11.6 Å². The van der Waals surface area contributed by atoms with Gasteiger partial charge < -0.3 is 4.90 Å². The van der Waals surface area contributed by atoms with Crippen molar-refractivity contribution < 1.29 is 14.5 Å². The first kappa shape index (κ1) is 21.9. The van der Waals surface area contributed by atoms with Crippen molar-refractivity contribution in [3.8, 4) is 0 Å². The molecule has 2 aromatic carbocycles. The van der Waals surface area contributed by atoms with Gasteiger partial charge in [0.15, 0.2) is 11.8 Å². The van der Waals surface area contributed by atoms with Crippen molar-refractivity contribution in [2.24, 2.45) is 0 Å². The van der Waals surface area contributed by atoms with Gasteiger partial charge in [-0.15, -0.1) is 0 Å². The minimum Gasteiger partial charge on any atom is -0.339 e. The van der Waals surface area contributed by atoms with Gasteiger partial charge in [0.1, 0.15) is 0 Å². The zero-order valence-corrected chi connectivity index (χ0v) is 17.2. The van der Waals surface area contributed by atoms with Gasteiger partial charge in [-0.1, -0.05) is 54.1 Å². The second kappa shape index (κ2) is 9.36. The van der Waals surface area contributed by atoms with Crippen molar-refractivity contribution >= 4 is 29.0 Å². The highest BCUT2D eigenvalue weighted by molar-refractivity contribution is 6.30. The van der Waals surface area contributed by atoms with Gasteiger partial charge in [-0.25, -0.2) is 0 Å². The topological polar surface area (TPSA) is 103 Å². The number of nitro benzene ring substituents is 1. The Balaban J connectivity index is 2.04. The molecule has 0 aliphatic heterocycles. The molecule has 1 heterocycles. The maximum atomic E-state index is 13.3. The van der Waals surface area contributed by atoms with Crippen LogP contribution in [-0.4, -0.2) is 33.1 Å². The average molecular weight is 440 g/mol. The number of pyridine rings is 1. The Bertz CT molecular complexity index is 1190. The van der Waals surface area contributed by atoms with E-state index in [-0.39, 0.29) is 22.8 Å². The minimum absolute atomic E-state index is 0.0625. The highest BCUT2D eigenvalue weighted by Crippen LogP contribution is 2.22. The molecule has 0 aliphatic rings. The van der Waals surface area contributed by atoms with Gasteiger partial charge in [0.05, 0.1) is 9.95 Å². The van der Waals surface area contributed by atoms with Gasteiger partial charge in [-0.05, 0) is 11.6 Å². The molecule has 1 amide bonds. The summed E-state index contributed by atoms with van der Waals surface area (Å²) in [5, 5.41) is 11.3. The third kappa shape index (κ3) is 5.04. The number of rotatable bonds is 7. The van der Waals surface area contributed by atoms with Crippen LogP contribution in [0.5, 0.6) is 0 Å². The molecule has 0 aliphatic carbocycles. The van der Waals surface area contributed by atoms with Crippen LogP contribution in [0.25, 0.3) is 0 Å². The predicted molar refractivity (Wildman–Crippen MR) is 115 cm³/mol. The SMILES string of the molecule is CN(Cc1ccccc1)C(=O)[C@@H](C(=O)c1cccc([N+](=O)[O-])c1)n1cc(Cl)ccc1=O. The van der Waals surface area contributed by atoms with Crippen molar-refractivity contribution in [3.05, 3.63) is 110 Å². The summed E-state index contributed by atoms with van der Waals surface area (Å²) in [5.74, 6) is -1.40. The summed E-state index contributed by atoms with van der Waals surface area (Å²) in [6.45, 7) is 0.202. The van der Waals surface area contributed by atoms with Gasteiger partial charge >= 0.3 is 0 Å². The lowest BCUT2D eigenvalue weighted by molar-refractivity contribution is -0.384. The standard InChI is InChI=1S/C22H18ClN3O5/c1-24(13-15-6-3-2-4-7-15)22(29)20(25-14-17(23)10-11-19(25)27)21(28)16-8-5-9-18(12-16)26(30)31/h2-12,14,20H,13H2,1H3/t20-/m1/s1. The lowest BCUT2D eigenvalue weighted by Gasteiger charge is -2.25. The largest absolute Gasteiger partial charge is 0.339 e. The number of ketones is 1. The monoisotopic (exact) mass is 439 g/mol. The van der Waals surface area contributed by atoms with Crippen LogP contribution in [0.4, 0.5) is 5.69 Å². The molecule has 0 saturated heterocycles. The number of hydrogen-bond donors (Lipinski definition) is 0. The summed E-state index contributed by atoms with van der Waals surface area (Å²) in [7, 11) is 1.51. The van der Waals surface area contributed by atoms with Crippen molar-refractivity contribution in [2.45, 2.75) is 12.6 Å². The molecule has 1 aromatic heterocycles. The summed E-state index contributed by atoms with van der Waals surface area (Å²) in [5.41, 5.74) is -0.131. The molecule has 158 valence electrons. The third-order valence-corrected chi connectivity index (χ3v) is 4.87. The molecule has 8 nitrogen and oxygen atoms in total. The Morgan fingerprint density at radius 2 is 1.81 bits per heavy atom. The second-order valence-corrected chi connectivity index (χ2v) is 7.28. The smallest absolute Gasteiger partial charge is 0.270 e. The number of carbonyl (C=O) groups excluding carboxylic acids is 2. The van der Waals surface area contributed by atoms with Crippen molar-refractivity contribution in [1.29, 1.82) is 0 Å². The highest BCUT2D eigenvalue weighted by atomic mass is 35.5. The number of carbonyl (C=O) groups is 2. The molecule has 0 saturated carbocycles. The zero-order valence-electron chi connectivity index (χ0n) is 16.5. The van der Waals surface area contributed by atoms with Gasteiger partial charge in [0.2, 0.25) is 0 Å². The van der Waals surface area contributed by atoms with Crippen molar-refractivity contribution in [1.82, 2.24) is 9.47 Å². The maximum Gasteiger partial charge on any atom is 0.270 e. The van der Waals surface area contributed by atoms with Crippen LogP contribution < -0.4 is 5.56 Å². The van der Waals surface area contributed by atoms with Gasteiger partial charge in [0, 0.05) is 43.6 Å². The number of non-ortho nitro benzene ring substituents is 1. The Morgan fingerprint density at radius 3 is 2.48 bits per heavy atom. The Morgan fingerprint density at radius 1 is 1.10 bits per heavy atom. The summed E-state index contributed by atoms with van der Waals surface area (Å²) in [6.07, 6.45) is 1.21. The molecule has 0 radical (unpaired) electrons. The molecule has 31 heavy (non-hydrogen) atoms. The molecule has 1 atom stereocenters. The molecule has 3 rings (SSSR count). The fourth-order valence-corrected chi connectivity index (χ4v) is 3.28. The van der Waals surface area contributed by atoms with E-state index >= 15 is 0 Å². The number of benzene rings is 2. The molecule has 9 heteroatoms. The number of aromatic nitrogens is 1. The van der Waals surface area contributed by atoms with E-state index in [0.717, 1.165) is 22.3 Å². The highest BCUT2D eigenvalue weighted by Gasteiger charge is 2.33. The van der Waals surface area contributed by atoms with E-state index in [2.05, 4.69) is 0 Å². The molecule has 3 aromatic rings. The fraction of sp³-hybridized carbons (Fsp3) is 0.136. The van der Waals surface area contributed by atoms with E-state index in [1.807, 2.05) is 30.3 Å². The number of likely N-dealkylation sites (N-methyl/N-ethyl adjacent to an activating group) is 1. The van der Waals surface area contributed by atoms with E-state index in [1.165, 1.54) is 42.4 Å². The van der Waals surface area contributed by atoms with Crippen LogP contribution in [0, 0.1) is 10.1 Å². The quantitative estimate of drug-likeness (QED) is 0.242. The molecule has 0 unspecified atom stereocenters. The van der Waals surface area contributed by atoms with E-state index in [9.17, 15) is 24.5 Å². The Kier molecular flexibility index (Phi) is 6.61. The summed E-state index contributed by atoms with van der Waals surface area (Å²) >= 11 is 6.01. The van der Waals surface area contributed by atoms with Crippen LogP contribution in [-0.2, 0) is 11.3 Å². The molecule has 0 spiro atoms. The van der Waals surface area contributed by atoms with Crippen LogP contribution in [0.1, 0.15) is 22.0 Å². The van der Waals surface area contributed by atoms with Crippen LogP contribution in [0.3, 0.4) is 0 Å². The maximum absolute atomic E-state index is 13.3. The summed E-state index contributed by atoms with van der Waals surface area (Å²) in [6, 6.07) is 15.1. The van der Waals surface area contributed by atoms with Crippen LogP contribution in [0.15, 0.2) is 77.7 Å². The molecular weight excluding hydrogens is 422 g/mol. The third-order valence-electron chi connectivity index (χ3n) is 4.64. The minimum atomic E-state index is -1.57. The lowest BCUT2D eigenvalue weighted by atomic mass is 10.0. The number of Topliss-reactive ketones (excluding diaryl/α,β-unsaturated/α-hetero) is 1. The van der Waals surface area contributed by atoms with Crippen molar-refractivity contribution in [2.75, 3.05) is 7.05 Å². The summed E-state index contributed by atoms with van der Waals surface area (Å²) < 4.78 is 0.952. The van der Waals surface area contributed by atoms with E-state index in [1.54, 1.807) is 0 Å². The molecule has 0 bridgehead atoms. The van der Waals surface area contributed by atoms with E-state index in [4.69, 9.17) is 11.6 Å². The van der Waals surface area contributed by atoms with Crippen molar-refractivity contribution in [3.63, 3.8) is 0 Å². The normalized spacial score (nSPS) is 11.5. The molecule has 0 N–H and O–H groups in total. The number of nitrogens with zero attached hydrogens (tertiary/aromatic N) is 3. The first-order valence-electron chi connectivity index (χ1n) is 9.23. The van der Waals surface area contributed by atoms with E-state index in [0.29, 0.717) is 0 Å². The van der Waals surface area contributed by atoms with E-state index < -0.39 is 28.2 Å². The lowest BCUT2D eigenvalue weighted by Crippen LogP contribution is -2.42. The molecular formula is C22H18ClN3O5. The number of nitro groups is 1. The number of hydrogen-bond acceptors (Lipinski definition) is 5. The fourth-order valence-electron chi connectivity index (χ4n) is 3.11. The Hall–Kier alpha value is -3.78. The number of halogens is 1. The van der Waals surface area contributed by atoms with Crippen LogP contribution in [0.2, 0.25) is 5.02 Å². The van der Waals surface area contributed by atoms with Gasteiger partial charge in [0.25, 0.3) is 17.2 Å². The Labute approximate surface area is 182 Å². The zero-order chi connectivity index (χ0) is 22.5.